The molecule has 7 heteroatoms. The van der Waals surface area contributed by atoms with E-state index in [9.17, 15) is 9.59 Å². The van der Waals surface area contributed by atoms with E-state index in [0.717, 1.165) is 32.5 Å². The molecule has 1 fully saturated rings. The van der Waals surface area contributed by atoms with E-state index in [2.05, 4.69) is 35.0 Å². The third-order valence-electron chi connectivity index (χ3n) is 6.02. The number of nitrogens with one attached hydrogen (secondary N) is 1. The fourth-order valence-corrected chi connectivity index (χ4v) is 6.16. The number of piperidine rings is 1. The number of hydrogen-bond donors (Lipinski definition) is 1. The third kappa shape index (κ3) is 4.26. The Bertz CT molecular complexity index is 1030. The maximum Gasteiger partial charge on any atom is 0.261 e. The number of amides is 2. The molecule has 0 unspecified atom stereocenters. The van der Waals surface area contributed by atoms with Gasteiger partial charge in [0.2, 0.25) is 0 Å². The van der Waals surface area contributed by atoms with Gasteiger partial charge in [0.15, 0.2) is 0 Å². The monoisotopic (exact) mass is 470 g/mol. The molecule has 3 aromatic rings. The second kappa shape index (κ2) is 9.49. The van der Waals surface area contributed by atoms with Crippen molar-refractivity contribution in [2.45, 2.75) is 12.8 Å². The molecule has 0 radical (unpaired) electrons. The highest BCUT2D eigenvalue weighted by Gasteiger charge is 2.35. The number of carbonyl (C=O) groups is 2. The molecule has 5 rings (SSSR count). The summed E-state index contributed by atoms with van der Waals surface area (Å²) in [4.78, 5) is 30.7. The van der Waals surface area contributed by atoms with Crippen LogP contribution in [0.15, 0.2) is 64.9 Å². The van der Waals surface area contributed by atoms with Gasteiger partial charge in [-0.25, -0.2) is 0 Å². The van der Waals surface area contributed by atoms with Gasteiger partial charge in [-0.1, -0.05) is 24.3 Å². The average Bonchev–Trinajstić information content (AvgIpc) is 3.53. The molecule has 4 nitrogen and oxygen atoms in total. The van der Waals surface area contributed by atoms with E-state index >= 15 is 0 Å². The number of imide groups is 1. The molecule has 2 aliphatic heterocycles. The molecule has 0 saturated carbocycles. The Balaban J connectivity index is 0.00000231. The zero-order chi connectivity index (χ0) is 20.5. The van der Waals surface area contributed by atoms with E-state index in [-0.39, 0.29) is 24.2 Å². The first-order valence-corrected chi connectivity index (χ1v) is 12.1. The Morgan fingerprint density at radius 3 is 1.87 bits per heavy atom. The van der Waals surface area contributed by atoms with Gasteiger partial charge in [-0.2, -0.15) is 0 Å². The van der Waals surface area contributed by atoms with E-state index in [1.54, 1.807) is 34.8 Å². The highest BCUT2D eigenvalue weighted by atomic mass is 35.5. The molecule has 160 valence electrons. The van der Waals surface area contributed by atoms with Crippen molar-refractivity contribution in [3.8, 4) is 0 Å². The largest absolute Gasteiger partial charge is 1.00 e. The van der Waals surface area contributed by atoms with Gasteiger partial charge in [0.05, 0.1) is 37.3 Å². The number of likely N-dealkylation sites (tertiary alicyclic amines) is 1. The molecule has 2 aliphatic rings. The number of fused-ring (bicyclic) bond motifs is 1. The van der Waals surface area contributed by atoms with E-state index in [4.69, 9.17) is 0 Å². The van der Waals surface area contributed by atoms with E-state index in [0.29, 0.717) is 17.7 Å². The summed E-state index contributed by atoms with van der Waals surface area (Å²) in [6.45, 7) is 3.38. The summed E-state index contributed by atoms with van der Waals surface area (Å²) in [5, 5.41) is 4.29. The maximum atomic E-state index is 12.6. The topological polar surface area (TPSA) is 41.8 Å². The Hall–Kier alpha value is -2.25. The normalized spacial score (nSPS) is 18.1. The molecule has 0 aliphatic carbocycles. The Labute approximate surface area is 196 Å². The molecule has 31 heavy (non-hydrogen) atoms. The first kappa shape index (κ1) is 22.0. The van der Waals surface area contributed by atoms with E-state index in [1.807, 2.05) is 12.1 Å². The van der Waals surface area contributed by atoms with Crippen molar-refractivity contribution in [2.24, 2.45) is 0 Å². The number of thiophene rings is 2. The van der Waals surface area contributed by atoms with Crippen LogP contribution in [0.25, 0.3) is 5.57 Å². The van der Waals surface area contributed by atoms with Crippen molar-refractivity contribution in [1.82, 2.24) is 4.90 Å². The van der Waals surface area contributed by atoms with Crippen molar-refractivity contribution in [1.29, 1.82) is 0 Å². The van der Waals surface area contributed by atoms with Crippen molar-refractivity contribution in [2.75, 3.05) is 26.2 Å². The fourth-order valence-electron chi connectivity index (χ4n) is 4.43. The number of rotatable bonds is 5. The van der Waals surface area contributed by atoms with Gasteiger partial charge in [-0.05, 0) is 40.6 Å². The van der Waals surface area contributed by atoms with Crippen LogP contribution in [0.3, 0.4) is 0 Å². The van der Waals surface area contributed by atoms with Crippen LogP contribution in [0, 0.1) is 0 Å². The number of carbonyl (C=O) groups excluding carboxylic acids is 2. The number of quaternary nitrogens is 1. The van der Waals surface area contributed by atoms with Gasteiger partial charge >= 0.3 is 0 Å². The lowest BCUT2D eigenvalue weighted by Gasteiger charge is -2.28. The molecule has 0 bridgehead atoms. The molecule has 2 amide bonds. The third-order valence-corrected chi connectivity index (χ3v) is 7.79. The van der Waals surface area contributed by atoms with Crippen LogP contribution in [0.4, 0.5) is 0 Å². The fraction of sp³-hybridized carbons (Fsp3) is 0.250. The lowest BCUT2D eigenvalue weighted by molar-refractivity contribution is -0.902. The molecular weight excluding hydrogens is 448 g/mol. The van der Waals surface area contributed by atoms with Gasteiger partial charge in [0.25, 0.3) is 11.8 Å². The van der Waals surface area contributed by atoms with Gasteiger partial charge in [0.1, 0.15) is 0 Å². The van der Waals surface area contributed by atoms with E-state index in [1.165, 1.54) is 30.7 Å². The lowest BCUT2D eigenvalue weighted by Crippen LogP contribution is -3.13. The first-order valence-electron chi connectivity index (χ1n) is 10.3. The quantitative estimate of drug-likeness (QED) is 0.555. The minimum atomic E-state index is -0.148. The molecule has 2 aromatic heterocycles. The number of nitrogens with zero attached hydrogens (tertiary/aromatic N) is 1. The molecular formula is C24H23ClN2O2S2. The summed E-state index contributed by atoms with van der Waals surface area (Å²) < 4.78 is 0. The van der Waals surface area contributed by atoms with Crippen LogP contribution in [-0.4, -0.2) is 42.9 Å². The number of halogens is 1. The maximum absolute atomic E-state index is 12.6. The summed E-state index contributed by atoms with van der Waals surface area (Å²) in [7, 11) is 0. The zero-order valence-electron chi connectivity index (χ0n) is 17.0. The summed E-state index contributed by atoms with van der Waals surface area (Å²) in [6.07, 6.45) is 2.12. The predicted octanol–water partition coefficient (Wildman–Crippen LogP) is 0.590. The van der Waals surface area contributed by atoms with Crippen LogP contribution >= 0.6 is 22.7 Å². The molecule has 1 aromatic carbocycles. The minimum absolute atomic E-state index is 0. The molecule has 0 atom stereocenters. The van der Waals surface area contributed by atoms with Crippen molar-refractivity contribution in [3.63, 3.8) is 0 Å². The van der Waals surface area contributed by atoms with Crippen LogP contribution in [0.1, 0.15) is 43.3 Å². The minimum Gasteiger partial charge on any atom is -1.00 e. The zero-order valence-corrected chi connectivity index (χ0v) is 19.4. The van der Waals surface area contributed by atoms with Crippen molar-refractivity contribution in [3.05, 3.63) is 85.7 Å². The Morgan fingerprint density at radius 1 is 0.839 bits per heavy atom. The summed E-state index contributed by atoms with van der Waals surface area (Å²) in [6, 6.07) is 15.8. The van der Waals surface area contributed by atoms with Crippen LogP contribution in [0.2, 0.25) is 0 Å². The highest BCUT2D eigenvalue weighted by molar-refractivity contribution is 7.13. The smallest absolute Gasteiger partial charge is 0.261 e. The lowest BCUT2D eigenvalue weighted by atomic mass is 9.96. The first-order chi connectivity index (χ1) is 14.7. The van der Waals surface area contributed by atoms with Gasteiger partial charge in [0, 0.05) is 28.2 Å². The summed E-state index contributed by atoms with van der Waals surface area (Å²) >= 11 is 3.61. The van der Waals surface area contributed by atoms with Crippen molar-refractivity contribution < 1.29 is 26.9 Å². The molecule has 4 heterocycles. The van der Waals surface area contributed by atoms with Gasteiger partial charge in [-0.15, -0.1) is 22.7 Å². The Kier molecular flexibility index (Phi) is 6.72. The summed E-state index contributed by atoms with van der Waals surface area (Å²) in [5.74, 6) is -0.296. The molecule has 1 saturated heterocycles. The molecule has 0 spiro atoms. The van der Waals surface area contributed by atoms with Crippen molar-refractivity contribution >= 4 is 40.1 Å². The predicted molar refractivity (Wildman–Crippen MR) is 121 cm³/mol. The van der Waals surface area contributed by atoms with Crippen LogP contribution in [0.5, 0.6) is 0 Å². The molecule has 1 N–H and O–H groups in total. The van der Waals surface area contributed by atoms with Crippen LogP contribution < -0.4 is 17.3 Å². The van der Waals surface area contributed by atoms with E-state index < -0.39 is 0 Å². The van der Waals surface area contributed by atoms with Gasteiger partial charge in [-0.3, -0.25) is 14.5 Å². The SMILES string of the molecule is O=C1c2ccccc2C(=O)N1CC[NH+]1CCC(=C(c2cccs2)c2cccs2)CC1.[Cl-]. The number of benzene rings is 1. The van der Waals surface area contributed by atoms with Crippen LogP contribution in [-0.2, 0) is 0 Å². The average molecular weight is 471 g/mol. The number of hydrogen-bond acceptors (Lipinski definition) is 4. The second-order valence-electron chi connectivity index (χ2n) is 7.74. The Morgan fingerprint density at radius 2 is 1.39 bits per heavy atom. The van der Waals surface area contributed by atoms with Gasteiger partial charge < -0.3 is 17.3 Å². The second-order valence-corrected chi connectivity index (χ2v) is 9.64. The standard InChI is InChI=1S/C24H22N2O2S2.ClH/c27-23-18-5-1-2-6-19(18)24(28)26(23)14-13-25-11-9-17(10-12-25)22(20-7-3-15-29-20)21-8-4-16-30-21;/h1-8,15-16H,9-14H2;1H. The summed E-state index contributed by atoms with van der Waals surface area (Å²) in [5.41, 5.74) is 4.03. The highest BCUT2D eigenvalue weighted by Crippen LogP contribution is 2.35.